The number of amides is 1. The molecule has 1 N–H and O–H groups in total. The minimum Gasteiger partial charge on any atom is -0.348 e. The lowest BCUT2D eigenvalue weighted by Gasteiger charge is -2.22. The summed E-state index contributed by atoms with van der Waals surface area (Å²) < 4.78 is -0.559. The molecule has 1 amide bonds. The van der Waals surface area contributed by atoms with Gasteiger partial charge in [-0.05, 0) is 19.4 Å². The molecule has 0 fully saturated rings. The molecule has 2 nitrogen and oxygen atoms in total. The summed E-state index contributed by atoms with van der Waals surface area (Å²) in [6.45, 7) is 3.82. The fourth-order valence-electron chi connectivity index (χ4n) is 1.23. The largest absolute Gasteiger partial charge is 0.348 e. The summed E-state index contributed by atoms with van der Waals surface area (Å²) in [6.07, 6.45) is 0. The van der Waals surface area contributed by atoms with Crippen LogP contribution >= 0.6 is 31.9 Å². The molecule has 4 heteroatoms. The van der Waals surface area contributed by atoms with Crippen LogP contribution in [0.2, 0.25) is 0 Å². The third-order valence-electron chi connectivity index (χ3n) is 2.37. The van der Waals surface area contributed by atoms with Gasteiger partial charge in [0.2, 0.25) is 5.91 Å². The first-order chi connectivity index (χ1) is 7.47. The van der Waals surface area contributed by atoms with Gasteiger partial charge >= 0.3 is 0 Å². The second-order valence-corrected chi connectivity index (χ2v) is 6.25. The van der Waals surface area contributed by atoms with Gasteiger partial charge in [-0.2, -0.15) is 0 Å². The lowest BCUT2D eigenvalue weighted by Crippen LogP contribution is -2.42. The van der Waals surface area contributed by atoms with Gasteiger partial charge in [0.05, 0.1) is 6.04 Å². The van der Waals surface area contributed by atoms with Gasteiger partial charge in [0, 0.05) is 5.33 Å². The van der Waals surface area contributed by atoms with Crippen molar-refractivity contribution in [2.24, 2.45) is 0 Å². The highest BCUT2D eigenvalue weighted by Gasteiger charge is 2.29. The molecule has 1 aromatic rings. The maximum atomic E-state index is 11.9. The van der Waals surface area contributed by atoms with Crippen molar-refractivity contribution in [3.8, 4) is 0 Å². The molecule has 1 rings (SSSR count). The third kappa shape index (κ3) is 3.59. The molecule has 88 valence electrons. The number of hydrogen-bond acceptors (Lipinski definition) is 1. The van der Waals surface area contributed by atoms with Crippen LogP contribution in [0.3, 0.4) is 0 Å². The van der Waals surface area contributed by atoms with Gasteiger partial charge in [0.1, 0.15) is 4.32 Å². The van der Waals surface area contributed by atoms with E-state index in [1.807, 2.05) is 44.2 Å². The van der Waals surface area contributed by atoms with Gasteiger partial charge < -0.3 is 5.32 Å². The molecule has 0 saturated heterocycles. The fraction of sp³-hybridized carbons (Fsp3) is 0.417. The van der Waals surface area contributed by atoms with Crippen LogP contribution in [0.15, 0.2) is 30.3 Å². The minimum absolute atomic E-state index is 0.0132. The molecule has 0 bridgehead atoms. The zero-order chi connectivity index (χ0) is 12.2. The highest BCUT2D eigenvalue weighted by Crippen LogP contribution is 2.22. The minimum atomic E-state index is -0.559. The van der Waals surface area contributed by atoms with Crippen LogP contribution in [-0.4, -0.2) is 15.6 Å². The van der Waals surface area contributed by atoms with Crippen LogP contribution in [0.25, 0.3) is 0 Å². The summed E-state index contributed by atoms with van der Waals surface area (Å²) in [7, 11) is 0. The lowest BCUT2D eigenvalue weighted by atomic mass is 10.1. The quantitative estimate of drug-likeness (QED) is 0.830. The van der Waals surface area contributed by atoms with E-state index in [-0.39, 0.29) is 11.9 Å². The first kappa shape index (κ1) is 13.7. The standard InChI is InChI=1S/C12H15Br2NO/c1-9(10-6-4-3-5-7-10)15-11(16)12(2,14)8-13/h3-7,9H,8H2,1-2H3,(H,15,16)/t9-,12?/m1/s1. The second-order valence-electron chi connectivity index (χ2n) is 3.94. The van der Waals surface area contributed by atoms with Crippen molar-refractivity contribution in [3.63, 3.8) is 0 Å². The fourth-order valence-corrected chi connectivity index (χ4v) is 1.60. The number of carbonyl (C=O) groups excluding carboxylic acids is 1. The first-order valence-electron chi connectivity index (χ1n) is 5.08. The molecule has 1 aromatic carbocycles. The molecule has 2 atom stereocenters. The van der Waals surface area contributed by atoms with Crippen molar-refractivity contribution in [2.75, 3.05) is 5.33 Å². The van der Waals surface area contributed by atoms with Crippen molar-refractivity contribution in [2.45, 2.75) is 24.2 Å². The monoisotopic (exact) mass is 347 g/mol. The van der Waals surface area contributed by atoms with Crippen molar-refractivity contribution in [1.82, 2.24) is 5.32 Å². The van der Waals surface area contributed by atoms with Crippen molar-refractivity contribution >= 4 is 37.8 Å². The van der Waals surface area contributed by atoms with Crippen LogP contribution < -0.4 is 5.32 Å². The van der Waals surface area contributed by atoms with E-state index in [4.69, 9.17) is 0 Å². The van der Waals surface area contributed by atoms with E-state index < -0.39 is 4.32 Å². The van der Waals surface area contributed by atoms with E-state index in [9.17, 15) is 4.79 Å². The number of halogens is 2. The Morgan fingerprint density at radius 2 is 2.00 bits per heavy atom. The molecule has 0 radical (unpaired) electrons. The SMILES string of the molecule is C[C@@H](NC(=O)C(C)(Br)CBr)c1ccccc1. The summed E-state index contributed by atoms with van der Waals surface area (Å²) in [4.78, 5) is 11.9. The number of carbonyl (C=O) groups is 1. The predicted molar refractivity (Wildman–Crippen MR) is 74.1 cm³/mol. The highest BCUT2D eigenvalue weighted by molar-refractivity contribution is 9.12. The van der Waals surface area contributed by atoms with Crippen molar-refractivity contribution < 1.29 is 4.79 Å². The van der Waals surface area contributed by atoms with Gasteiger partial charge in [0.15, 0.2) is 0 Å². The van der Waals surface area contributed by atoms with Crippen LogP contribution in [0.5, 0.6) is 0 Å². The van der Waals surface area contributed by atoms with Crippen molar-refractivity contribution in [1.29, 1.82) is 0 Å². The maximum Gasteiger partial charge on any atom is 0.237 e. The third-order valence-corrected chi connectivity index (χ3v) is 4.89. The highest BCUT2D eigenvalue weighted by atomic mass is 79.9. The molecule has 0 heterocycles. The first-order valence-corrected chi connectivity index (χ1v) is 6.99. The molecular weight excluding hydrogens is 334 g/mol. The number of rotatable bonds is 4. The van der Waals surface area contributed by atoms with Crippen LogP contribution in [0, 0.1) is 0 Å². The lowest BCUT2D eigenvalue weighted by molar-refractivity contribution is -0.123. The van der Waals surface area contributed by atoms with E-state index in [0.717, 1.165) is 5.56 Å². The van der Waals surface area contributed by atoms with Gasteiger partial charge in [-0.1, -0.05) is 62.2 Å². The van der Waals surface area contributed by atoms with Gasteiger partial charge in [-0.25, -0.2) is 0 Å². The summed E-state index contributed by atoms with van der Waals surface area (Å²) in [5.41, 5.74) is 1.11. The number of alkyl halides is 2. The molecule has 0 aliphatic heterocycles. The smallest absolute Gasteiger partial charge is 0.237 e. The Kier molecular flexibility index (Phi) is 4.99. The van der Waals surface area contributed by atoms with Crippen LogP contribution in [0.4, 0.5) is 0 Å². The number of nitrogens with one attached hydrogen (secondary N) is 1. The maximum absolute atomic E-state index is 11.9. The average molecular weight is 349 g/mol. The van der Waals surface area contributed by atoms with Gasteiger partial charge in [-0.15, -0.1) is 0 Å². The van der Waals surface area contributed by atoms with E-state index in [0.29, 0.717) is 5.33 Å². The van der Waals surface area contributed by atoms with Crippen LogP contribution in [0.1, 0.15) is 25.5 Å². The Bertz CT molecular complexity index is 351. The summed E-state index contributed by atoms with van der Waals surface area (Å²) >= 11 is 6.70. The van der Waals surface area contributed by atoms with Crippen LogP contribution in [-0.2, 0) is 4.79 Å². The number of benzene rings is 1. The normalized spacial score (nSPS) is 16.2. The topological polar surface area (TPSA) is 29.1 Å². The van der Waals surface area contributed by atoms with Gasteiger partial charge in [0.25, 0.3) is 0 Å². The average Bonchev–Trinajstić information content (AvgIpc) is 2.30. The Labute approximate surface area is 113 Å². The molecular formula is C12H15Br2NO. The Morgan fingerprint density at radius 3 is 2.50 bits per heavy atom. The summed E-state index contributed by atoms with van der Waals surface area (Å²) in [6, 6.07) is 9.93. The zero-order valence-electron chi connectivity index (χ0n) is 9.34. The van der Waals surface area contributed by atoms with E-state index in [1.54, 1.807) is 0 Å². The summed E-state index contributed by atoms with van der Waals surface area (Å²) in [5, 5.41) is 3.55. The molecule has 0 aromatic heterocycles. The molecule has 0 spiro atoms. The molecule has 1 unspecified atom stereocenters. The zero-order valence-corrected chi connectivity index (χ0v) is 12.5. The molecule has 0 aliphatic rings. The van der Waals surface area contributed by atoms with E-state index >= 15 is 0 Å². The number of hydrogen-bond donors (Lipinski definition) is 1. The Balaban J connectivity index is 2.66. The predicted octanol–water partition coefficient (Wildman–Crippen LogP) is 3.41. The molecule has 16 heavy (non-hydrogen) atoms. The Hall–Kier alpha value is -0.350. The van der Waals surface area contributed by atoms with E-state index in [2.05, 4.69) is 37.2 Å². The molecule has 0 saturated carbocycles. The van der Waals surface area contributed by atoms with E-state index in [1.165, 1.54) is 0 Å². The summed E-state index contributed by atoms with van der Waals surface area (Å²) in [5.74, 6) is -0.0132. The molecule has 0 aliphatic carbocycles. The Morgan fingerprint density at radius 1 is 1.44 bits per heavy atom. The second kappa shape index (κ2) is 5.82. The van der Waals surface area contributed by atoms with Gasteiger partial charge in [-0.3, -0.25) is 4.79 Å². The van der Waals surface area contributed by atoms with Crippen molar-refractivity contribution in [3.05, 3.63) is 35.9 Å².